The summed E-state index contributed by atoms with van der Waals surface area (Å²) in [5.41, 5.74) is 1.51. The van der Waals surface area contributed by atoms with E-state index in [1.54, 1.807) is 0 Å². The van der Waals surface area contributed by atoms with Crippen molar-refractivity contribution in [2.45, 2.75) is 38.8 Å². The number of pyridine rings is 1. The highest BCUT2D eigenvalue weighted by Gasteiger charge is 2.30. The Labute approximate surface area is 104 Å². The van der Waals surface area contributed by atoms with Gasteiger partial charge in [0.1, 0.15) is 0 Å². The summed E-state index contributed by atoms with van der Waals surface area (Å²) in [7, 11) is 0. The molecule has 0 amide bonds. The molecule has 0 saturated carbocycles. The second-order valence-corrected chi connectivity index (χ2v) is 5.40. The largest absolute Gasteiger partial charge is 0.310 e. The molecular weight excluding hydrogens is 210 g/mol. The average Bonchev–Trinajstić information content (AvgIpc) is 2.66. The van der Waals surface area contributed by atoms with Gasteiger partial charge in [0, 0.05) is 31.4 Å². The average molecular weight is 233 g/mol. The predicted molar refractivity (Wildman–Crippen MR) is 70.8 cm³/mol. The molecule has 0 aromatic carbocycles. The summed E-state index contributed by atoms with van der Waals surface area (Å²) in [4.78, 5) is 6.88. The fourth-order valence-electron chi connectivity index (χ4n) is 2.51. The standard InChI is InChI=1S/C14H23N3/c1-14(2)7-5-10-17(14)11-9-15-12-13-6-3-4-8-16-13/h3-4,6,8,15H,5,7,9-12H2,1-2H3. The summed E-state index contributed by atoms with van der Waals surface area (Å²) in [5.74, 6) is 0. The maximum Gasteiger partial charge on any atom is 0.0541 e. The van der Waals surface area contributed by atoms with Gasteiger partial charge in [-0.3, -0.25) is 9.88 Å². The van der Waals surface area contributed by atoms with Gasteiger partial charge in [0.25, 0.3) is 0 Å². The normalized spacial score (nSPS) is 19.6. The van der Waals surface area contributed by atoms with Gasteiger partial charge in [0.2, 0.25) is 0 Å². The van der Waals surface area contributed by atoms with E-state index in [2.05, 4.69) is 35.1 Å². The highest BCUT2D eigenvalue weighted by Crippen LogP contribution is 2.27. The van der Waals surface area contributed by atoms with Crippen LogP contribution in [0.3, 0.4) is 0 Å². The maximum atomic E-state index is 4.30. The van der Waals surface area contributed by atoms with Crippen molar-refractivity contribution in [3.05, 3.63) is 30.1 Å². The van der Waals surface area contributed by atoms with Gasteiger partial charge in [0.05, 0.1) is 5.69 Å². The van der Waals surface area contributed by atoms with E-state index in [-0.39, 0.29) is 0 Å². The Morgan fingerprint density at radius 1 is 1.41 bits per heavy atom. The van der Waals surface area contributed by atoms with E-state index in [0.29, 0.717) is 5.54 Å². The zero-order chi connectivity index (χ0) is 12.1. The Balaban J connectivity index is 1.67. The van der Waals surface area contributed by atoms with Crippen molar-refractivity contribution >= 4 is 0 Å². The van der Waals surface area contributed by atoms with Crippen LogP contribution in [0, 0.1) is 0 Å². The van der Waals surface area contributed by atoms with Gasteiger partial charge in [-0.25, -0.2) is 0 Å². The zero-order valence-electron chi connectivity index (χ0n) is 10.9. The van der Waals surface area contributed by atoms with Gasteiger partial charge >= 0.3 is 0 Å². The first-order chi connectivity index (χ1) is 8.18. The molecule has 0 spiro atoms. The number of nitrogens with one attached hydrogen (secondary N) is 1. The van der Waals surface area contributed by atoms with E-state index >= 15 is 0 Å². The second-order valence-electron chi connectivity index (χ2n) is 5.40. The molecule has 3 heteroatoms. The molecule has 0 unspecified atom stereocenters. The van der Waals surface area contributed by atoms with E-state index in [4.69, 9.17) is 0 Å². The highest BCUT2D eigenvalue weighted by atomic mass is 15.2. The molecule has 1 fully saturated rings. The van der Waals surface area contributed by atoms with Crippen molar-refractivity contribution in [1.82, 2.24) is 15.2 Å². The topological polar surface area (TPSA) is 28.2 Å². The quantitative estimate of drug-likeness (QED) is 0.789. The lowest BCUT2D eigenvalue weighted by Gasteiger charge is -2.31. The van der Waals surface area contributed by atoms with Crippen molar-refractivity contribution in [3.63, 3.8) is 0 Å². The van der Waals surface area contributed by atoms with Gasteiger partial charge in [-0.1, -0.05) is 6.07 Å². The fraction of sp³-hybridized carbons (Fsp3) is 0.643. The molecular formula is C14H23N3. The molecule has 1 N–H and O–H groups in total. The Kier molecular flexibility index (Phi) is 4.13. The number of rotatable bonds is 5. The molecule has 0 atom stereocenters. The molecule has 1 aromatic rings. The molecule has 1 aliphatic heterocycles. The summed E-state index contributed by atoms with van der Waals surface area (Å²) in [6.07, 6.45) is 4.51. The first kappa shape index (κ1) is 12.5. The molecule has 1 aromatic heterocycles. The highest BCUT2D eigenvalue weighted by molar-refractivity contribution is 5.02. The van der Waals surface area contributed by atoms with Crippen molar-refractivity contribution in [3.8, 4) is 0 Å². The first-order valence-electron chi connectivity index (χ1n) is 6.54. The minimum absolute atomic E-state index is 0.396. The van der Waals surface area contributed by atoms with Crippen LogP contribution in [0.15, 0.2) is 24.4 Å². The Bertz CT molecular complexity index is 335. The molecule has 2 rings (SSSR count). The molecule has 3 nitrogen and oxygen atoms in total. The van der Waals surface area contributed by atoms with Gasteiger partial charge in [0.15, 0.2) is 0 Å². The van der Waals surface area contributed by atoms with E-state index in [1.165, 1.54) is 19.4 Å². The molecule has 2 heterocycles. The lowest BCUT2D eigenvalue weighted by atomic mass is 10.0. The van der Waals surface area contributed by atoms with Crippen LogP contribution in [0.25, 0.3) is 0 Å². The smallest absolute Gasteiger partial charge is 0.0541 e. The predicted octanol–water partition coefficient (Wildman–Crippen LogP) is 2.05. The summed E-state index contributed by atoms with van der Waals surface area (Å²) >= 11 is 0. The third-order valence-corrected chi connectivity index (χ3v) is 3.66. The monoisotopic (exact) mass is 233 g/mol. The number of hydrogen-bond donors (Lipinski definition) is 1. The van der Waals surface area contributed by atoms with E-state index in [1.807, 2.05) is 18.3 Å². The lowest BCUT2D eigenvalue weighted by molar-refractivity contribution is 0.176. The number of nitrogens with zero attached hydrogens (tertiary/aromatic N) is 2. The van der Waals surface area contributed by atoms with Crippen LogP contribution >= 0.6 is 0 Å². The molecule has 0 radical (unpaired) electrons. The molecule has 1 aliphatic rings. The van der Waals surface area contributed by atoms with Crippen molar-refractivity contribution < 1.29 is 0 Å². The van der Waals surface area contributed by atoms with Crippen LogP contribution in [0.5, 0.6) is 0 Å². The second kappa shape index (κ2) is 5.61. The van der Waals surface area contributed by atoms with Crippen LogP contribution in [-0.2, 0) is 6.54 Å². The molecule has 1 saturated heterocycles. The Hall–Kier alpha value is -0.930. The van der Waals surface area contributed by atoms with E-state index in [9.17, 15) is 0 Å². The number of aromatic nitrogens is 1. The molecule has 0 aliphatic carbocycles. The van der Waals surface area contributed by atoms with Crippen LogP contribution in [-0.4, -0.2) is 35.1 Å². The van der Waals surface area contributed by atoms with E-state index in [0.717, 1.165) is 25.3 Å². The van der Waals surface area contributed by atoms with Gasteiger partial charge in [-0.15, -0.1) is 0 Å². The van der Waals surface area contributed by atoms with Crippen molar-refractivity contribution in [1.29, 1.82) is 0 Å². The molecule has 0 bridgehead atoms. The third kappa shape index (κ3) is 3.51. The SMILES string of the molecule is CC1(C)CCCN1CCNCc1ccccn1. The Morgan fingerprint density at radius 2 is 2.29 bits per heavy atom. The van der Waals surface area contributed by atoms with Crippen LogP contribution in [0.2, 0.25) is 0 Å². The minimum Gasteiger partial charge on any atom is -0.310 e. The summed E-state index contributed by atoms with van der Waals surface area (Å²) in [5, 5.41) is 3.46. The minimum atomic E-state index is 0.396. The number of likely N-dealkylation sites (tertiary alicyclic amines) is 1. The maximum absolute atomic E-state index is 4.30. The zero-order valence-corrected chi connectivity index (χ0v) is 10.9. The van der Waals surface area contributed by atoms with Crippen LogP contribution in [0.4, 0.5) is 0 Å². The summed E-state index contributed by atoms with van der Waals surface area (Å²) in [6.45, 7) is 8.99. The van der Waals surface area contributed by atoms with Gasteiger partial charge < -0.3 is 5.32 Å². The lowest BCUT2D eigenvalue weighted by Crippen LogP contribution is -2.41. The first-order valence-corrected chi connectivity index (χ1v) is 6.54. The van der Waals surface area contributed by atoms with Crippen LogP contribution < -0.4 is 5.32 Å². The third-order valence-electron chi connectivity index (χ3n) is 3.66. The van der Waals surface area contributed by atoms with Gasteiger partial charge in [-0.05, 0) is 45.4 Å². The molecule has 94 valence electrons. The van der Waals surface area contributed by atoms with E-state index < -0.39 is 0 Å². The fourth-order valence-corrected chi connectivity index (χ4v) is 2.51. The number of hydrogen-bond acceptors (Lipinski definition) is 3. The Morgan fingerprint density at radius 3 is 2.94 bits per heavy atom. The summed E-state index contributed by atoms with van der Waals surface area (Å²) < 4.78 is 0. The van der Waals surface area contributed by atoms with Crippen molar-refractivity contribution in [2.24, 2.45) is 0 Å². The van der Waals surface area contributed by atoms with Crippen molar-refractivity contribution in [2.75, 3.05) is 19.6 Å². The van der Waals surface area contributed by atoms with Gasteiger partial charge in [-0.2, -0.15) is 0 Å². The molecule has 17 heavy (non-hydrogen) atoms. The summed E-state index contributed by atoms with van der Waals surface area (Å²) in [6, 6.07) is 6.05. The van der Waals surface area contributed by atoms with Crippen LogP contribution in [0.1, 0.15) is 32.4 Å².